The molecule has 0 amide bonds. The first kappa shape index (κ1) is 16.2. The average Bonchev–Trinajstić information content (AvgIpc) is 3.02. The monoisotopic (exact) mass is 350 g/mol. The highest BCUT2D eigenvalue weighted by atomic mass is 16.5. The Labute approximate surface area is 155 Å². The molecule has 0 spiro atoms. The third kappa shape index (κ3) is 2.60. The number of piperazine rings is 1. The summed E-state index contributed by atoms with van der Waals surface area (Å²) >= 11 is 0. The van der Waals surface area contributed by atoms with E-state index in [0.717, 1.165) is 57.1 Å². The molecule has 3 heterocycles. The molecule has 1 fully saturated rings. The summed E-state index contributed by atoms with van der Waals surface area (Å²) in [6, 6.07) is 16.1. The molecule has 3 aliphatic heterocycles. The SMILES string of the molecule is COc1ccccc1CCN1CCN2C(C1)c1cccc3c1C2CCO3. The first-order chi connectivity index (χ1) is 12.8. The van der Waals surface area contributed by atoms with Crippen molar-refractivity contribution in [2.24, 2.45) is 0 Å². The Kier molecular flexibility index (Phi) is 4.10. The topological polar surface area (TPSA) is 24.9 Å². The van der Waals surface area contributed by atoms with Crippen LogP contribution in [0.2, 0.25) is 0 Å². The molecule has 0 bridgehead atoms. The van der Waals surface area contributed by atoms with E-state index in [1.807, 2.05) is 6.07 Å². The Hall–Kier alpha value is -2.04. The second-order valence-corrected chi connectivity index (χ2v) is 7.53. The molecule has 2 aromatic carbocycles. The molecular weight excluding hydrogens is 324 g/mol. The van der Waals surface area contributed by atoms with Gasteiger partial charge in [-0.25, -0.2) is 0 Å². The van der Waals surface area contributed by atoms with Crippen molar-refractivity contribution in [2.45, 2.75) is 24.9 Å². The van der Waals surface area contributed by atoms with E-state index in [1.165, 1.54) is 16.7 Å². The summed E-state index contributed by atoms with van der Waals surface area (Å²) in [5.41, 5.74) is 4.26. The third-order valence-electron chi connectivity index (χ3n) is 6.24. The van der Waals surface area contributed by atoms with Gasteiger partial charge >= 0.3 is 0 Å². The van der Waals surface area contributed by atoms with Crippen molar-refractivity contribution in [3.63, 3.8) is 0 Å². The number of ether oxygens (including phenoxy) is 2. The van der Waals surface area contributed by atoms with E-state index in [-0.39, 0.29) is 0 Å². The van der Waals surface area contributed by atoms with E-state index >= 15 is 0 Å². The zero-order chi connectivity index (χ0) is 17.5. The molecule has 0 radical (unpaired) electrons. The van der Waals surface area contributed by atoms with Gasteiger partial charge in [0.2, 0.25) is 0 Å². The van der Waals surface area contributed by atoms with Crippen molar-refractivity contribution >= 4 is 0 Å². The number of nitrogens with zero attached hydrogens (tertiary/aromatic N) is 2. The number of fused-ring (bicyclic) bond motifs is 3. The molecule has 0 aromatic heterocycles. The predicted molar refractivity (Wildman–Crippen MR) is 102 cm³/mol. The number of hydrogen-bond acceptors (Lipinski definition) is 4. The summed E-state index contributed by atoms with van der Waals surface area (Å²) in [5.74, 6) is 2.12. The maximum absolute atomic E-state index is 5.92. The van der Waals surface area contributed by atoms with Crippen LogP contribution in [0.5, 0.6) is 11.5 Å². The summed E-state index contributed by atoms with van der Waals surface area (Å²) in [7, 11) is 1.76. The van der Waals surface area contributed by atoms with Crippen LogP contribution in [0.25, 0.3) is 0 Å². The van der Waals surface area contributed by atoms with Gasteiger partial charge in [0.15, 0.2) is 0 Å². The fraction of sp³-hybridized carbons (Fsp3) is 0.455. The van der Waals surface area contributed by atoms with Gasteiger partial charge in [-0.2, -0.15) is 0 Å². The fourth-order valence-corrected chi connectivity index (χ4v) is 4.99. The van der Waals surface area contributed by atoms with Crippen LogP contribution in [0.15, 0.2) is 42.5 Å². The van der Waals surface area contributed by atoms with Crippen molar-refractivity contribution in [1.29, 1.82) is 0 Å². The summed E-state index contributed by atoms with van der Waals surface area (Å²) < 4.78 is 11.4. The van der Waals surface area contributed by atoms with Crippen molar-refractivity contribution in [3.05, 3.63) is 59.2 Å². The molecule has 2 atom stereocenters. The number of methoxy groups -OCH3 is 1. The van der Waals surface area contributed by atoms with E-state index in [9.17, 15) is 0 Å². The first-order valence-electron chi connectivity index (χ1n) is 9.71. The molecule has 0 aliphatic carbocycles. The minimum absolute atomic E-state index is 0.517. The van der Waals surface area contributed by atoms with E-state index < -0.39 is 0 Å². The van der Waals surface area contributed by atoms with E-state index in [1.54, 1.807) is 7.11 Å². The number of para-hydroxylation sites is 1. The van der Waals surface area contributed by atoms with Crippen molar-refractivity contribution in [2.75, 3.05) is 39.9 Å². The maximum atomic E-state index is 5.92. The highest BCUT2D eigenvalue weighted by Gasteiger charge is 2.44. The zero-order valence-corrected chi connectivity index (χ0v) is 15.4. The summed E-state index contributed by atoms with van der Waals surface area (Å²) in [6.45, 7) is 5.34. The van der Waals surface area contributed by atoms with Gasteiger partial charge in [0.25, 0.3) is 0 Å². The van der Waals surface area contributed by atoms with E-state index in [4.69, 9.17) is 9.47 Å². The second-order valence-electron chi connectivity index (χ2n) is 7.53. The lowest BCUT2D eigenvalue weighted by Crippen LogP contribution is -2.47. The molecule has 1 saturated heterocycles. The zero-order valence-electron chi connectivity index (χ0n) is 15.4. The van der Waals surface area contributed by atoms with Crippen LogP contribution in [-0.4, -0.2) is 49.7 Å². The lowest BCUT2D eigenvalue weighted by molar-refractivity contribution is 0.0452. The Balaban J connectivity index is 1.32. The van der Waals surface area contributed by atoms with Gasteiger partial charge in [-0.05, 0) is 29.7 Å². The van der Waals surface area contributed by atoms with Crippen LogP contribution in [0.3, 0.4) is 0 Å². The van der Waals surface area contributed by atoms with Crippen LogP contribution in [0.1, 0.15) is 35.2 Å². The molecule has 0 N–H and O–H groups in total. The van der Waals surface area contributed by atoms with Gasteiger partial charge in [-0.1, -0.05) is 30.3 Å². The normalized spacial score (nSPS) is 24.7. The summed E-state index contributed by atoms with van der Waals surface area (Å²) in [6.07, 6.45) is 2.16. The first-order valence-corrected chi connectivity index (χ1v) is 9.71. The Morgan fingerprint density at radius 1 is 1.08 bits per heavy atom. The molecule has 26 heavy (non-hydrogen) atoms. The van der Waals surface area contributed by atoms with Gasteiger partial charge in [0.05, 0.1) is 13.7 Å². The van der Waals surface area contributed by atoms with Gasteiger partial charge in [-0.3, -0.25) is 9.80 Å². The number of benzene rings is 2. The van der Waals surface area contributed by atoms with Crippen molar-refractivity contribution in [1.82, 2.24) is 9.80 Å². The average molecular weight is 350 g/mol. The highest BCUT2D eigenvalue weighted by Crippen LogP contribution is 2.50. The molecule has 4 nitrogen and oxygen atoms in total. The Morgan fingerprint density at radius 3 is 2.92 bits per heavy atom. The molecule has 5 rings (SSSR count). The maximum Gasteiger partial charge on any atom is 0.124 e. The Morgan fingerprint density at radius 2 is 2.00 bits per heavy atom. The predicted octanol–water partition coefficient (Wildman–Crippen LogP) is 3.43. The molecule has 3 aliphatic rings. The van der Waals surface area contributed by atoms with Crippen LogP contribution in [0, 0.1) is 0 Å². The number of hydrogen-bond donors (Lipinski definition) is 0. The van der Waals surface area contributed by atoms with Crippen LogP contribution in [0.4, 0.5) is 0 Å². The molecule has 2 unspecified atom stereocenters. The van der Waals surface area contributed by atoms with Crippen LogP contribution >= 0.6 is 0 Å². The molecule has 136 valence electrons. The van der Waals surface area contributed by atoms with E-state index in [2.05, 4.69) is 46.2 Å². The molecule has 2 aromatic rings. The Bertz CT molecular complexity index is 806. The minimum atomic E-state index is 0.517. The lowest BCUT2D eigenvalue weighted by atomic mass is 9.97. The minimum Gasteiger partial charge on any atom is -0.496 e. The van der Waals surface area contributed by atoms with Crippen molar-refractivity contribution in [3.8, 4) is 11.5 Å². The lowest BCUT2D eigenvalue weighted by Gasteiger charge is -2.40. The fourth-order valence-electron chi connectivity index (χ4n) is 4.99. The van der Waals surface area contributed by atoms with Gasteiger partial charge in [0.1, 0.15) is 11.5 Å². The quantitative estimate of drug-likeness (QED) is 0.843. The highest BCUT2D eigenvalue weighted by molar-refractivity contribution is 5.49. The van der Waals surface area contributed by atoms with Gasteiger partial charge < -0.3 is 9.47 Å². The smallest absolute Gasteiger partial charge is 0.124 e. The molecular formula is C22H26N2O2. The largest absolute Gasteiger partial charge is 0.496 e. The second kappa shape index (κ2) is 6.60. The van der Waals surface area contributed by atoms with E-state index in [0.29, 0.717) is 12.1 Å². The molecule has 4 heteroatoms. The van der Waals surface area contributed by atoms with Gasteiger partial charge in [0, 0.05) is 50.2 Å². The standard InChI is InChI=1S/C22H26N2O2/c1-25-20-7-3-2-5-16(20)9-11-23-12-13-24-18-10-14-26-21-8-4-6-17(22(18)21)19(24)15-23/h2-8,18-19H,9-15H2,1H3. The van der Waals surface area contributed by atoms with Crippen LogP contribution < -0.4 is 9.47 Å². The third-order valence-corrected chi connectivity index (χ3v) is 6.24. The van der Waals surface area contributed by atoms with Crippen molar-refractivity contribution < 1.29 is 9.47 Å². The molecule has 0 saturated carbocycles. The summed E-state index contributed by atoms with van der Waals surface area (Å²) in [4.78, 5) is 5.33. The van der Waals surface area contributed by atoms with Crippen LogP contribution in [-0.2, 0) is 6.42 Å². The van der Waals surface area contributed by atoms with Gasteiger partial charge in [-0.15, -0.1) is 0 Å². The number of rotatable bonds is 4. The summed E-state index contributed by atoms with van der Waals surface area (Å²) in [5, 5.41) is 0.